The second-order valence-electron chi connectivity index (χ2n) is 2.32. The van der Waals surface area contributed by atoms with E-state index in [1.54, 1.807) is 6.20 Å². The molecule has 0 aliphatic heterocycles. The van der Waals surface area contributed by atoms with Crippen molar-refractivity contribution in [3.63, 3.8) is 0 Å². The van der Waals surface area contributed by atoms with Gasteiger partial charge in [0.15, 0.2) is 6.33 Å². The molecule has 0 unspecified atom stereocenters. The topological polar surface area (TPSA) is 22.2 Å². The molecule has 0 aromatic carbocycles. The molecule has 0 aliphatic carbocycles. The molecule has 0 aliphatic rings. The summed E-state index contributed by atoms with van der Waals surface area (Å²) in [7, 11) is 1.99. The van der Waals surface area contributed by atoms with Gasteiger partial charge in [0.05, 0.1) is 6.20 Å². The van der Waals surface area contributed by atoms with Gasteiger partial charge in [0, 0.05) is 27.2 Å². The van der Waals surface area contributed by atoms with Crippen molar-refractivity contribution >= 4 is 5.52 Å². The zero-order valence-electron chi connectivity index (χ0n) is 6.06. The van der Waals surface area contributed by atoms with Gasteiger partial charge < -0.3 is 0 Å². The minimum atomic E-state index is 0. The summed E-state index contributed by atoms with van der Waals surface area (Å²) >= 11 is 0. The Morgan fingerprint density at radius 2 is 2.36 bits per heavy atom. The van der Waals surface area contributed by atoms with E-state index < -0.39 is 0 Å². The minimum absolute atomic E-state index is 0. The van der Waals surface area contributed by atoms with Crippen molar-refractivity contribution in [1.29, 1.82) is 0 Å². The predicted octanol–water partition coefficient (Wildman–Crippen LogP) is 0.951. The molecule has 0 saturated heterocycles. The maximum atomic E-state index is 3.99. The smallest absolute Gasteiger partial charge is 0.201 e. The number of nitrogens with zero attached hydrogens (tertiary/aromatic N) is 3. The van der Waals surface area contributed by atoms with E-state index in [0.717, 1.165) is 5.52 Å². The number of hydrogen-bond donors (Lipinski definition) is 0. The van der Waals surface area contributed by atoms with Crippen LogP contribution in [0, 0.1) is 0 Å². The van der Waals surface area contributed by atoms with Gasteiger partial charge in [0.1, 0.15) is 18.6 Å². The van der Waals surface area contributed by atoms with Gasteiger partial charge in [-0.15, -0.1) is 0 Å². The number of aryl methyl sites for hydroxylation is 1. The van der Waals surface area contributed by atoms with Crippen LogP contribution in [-0.4, -0.2) is 14.0 Å². The molecule has 2 aromatic rings. The van der Waals surface area contributed by atoms with E-state index >= 15 is 0 Å². The molecule has 0 N–H and O–H groups in total. The summed E-state index contributed by atoms with van der Waals surface area (Å²) in [4.78, 5) is 3.99. The van der Waals surface area contributed by atoms with Crippen LogP contribution in [-0.2, 0) is 27.2 Å². The summed E-state index contributed by atoms with van der Waals surface area (Å²) in [5.41, 5.74) is 1.12. The summed E-state index contributed by atoms with van der Waals surface area (Å²) < 4.78 is 4.02. The summed E-state index contributed by atoms with van der Waals surface area (Å²) in [6.45, 7) is 0. The SMILES string of the molecule is Cn1cc2cnccn2[cH+]1.[Ir]. The molecule has 4 heteroatoms. The van der Waals surface area contributed by atoms with Crippen molar-refractivity contribution in [3.05, 3.63) is 31.1 Å². The van der Waals surface area contributed by atoms with Crippen molar-refractivity contribution in [2.75, 3.05) is 0 Å². The Labute approximate surface area is 78.0 Å². The molecular weight excluding hydrogens is 318 g/mol. The van der Waals surface area contributed by atoms with E-state index in [4.69, 9.17) is 0 Å². The molecule has 3 nitrogen and oxygen atoms in total. The molecule has 0 spiro atoms. The first-order valence-electron chi connectivity index (χ1n) is 3.13. The zero-order chi connectivity index (χ0) is 6.97. The zero-order valence-corrected chi connectivity index (χ0v) is 8.46. The molecule has 59 valence electrons. The summed E-state index contributed by atoms with van der Waals surface area (Å²) in [6.07, 6.45) is 9.55. The molecule has 11 heavy (non-hydrogen) atoms. The number of imidazole rings is 1. The second-order valence-corrected chi connectivity index (χ2v) is 2.32. The molecule has 0 amide bonds. The number of aromatic nitrogens is 3. The third kappa shape index (κ3) is 1.47. The summed E-state index contributed by atoms with van der Waals surface area (Å²) in [5, 5.41) is 0. The number of rotatable bonds is 0. The average Bonchev–Trinajstić information content (AvgIpc) is 2.27. The largest absolute Gasteiger partial charge is 0.254 e. The van der Waals surface area contributed by atoms with Crippen LogP contribution in [0.1, 0.15) is 0 Å². The fraction of sp³-hybridized carbons (Fsp3) is 0.143. The Morgan fingerprint density at radius 1 is 1.55 bits per heavy atom. The van der Waals surface area contributed by atoms with Crippen LogP contribution in [0.15, 0.2) is 31.1 Å². The third-order valence-corrected chi connectivity index (χ3v) is 1.46. The Kier molecular flexibility index (Phi) is 2.37. The van der Waals surface area contributed by atoms with Crippen LogP contribution in [0.4, 0.5) is 0 Å². The maximum Gasteiger partial charge on any atom is 0.201 e. The molecule has 0 saturated carbocycles. The first-order valence-corrected chi connectivity index (χ1v) is 3.13. The second kappa shape index (κ2) is 3.11. The standard InChI is InChI=1S/C7H8N3.Ir/c1-9-5-7-4-8-2-3-10(7)6-9;/h2-6H,1H3;/q+1;. The van der Waals surface area contributed by atoms with E-state index in [0.29, 0.717) is 0 Å². The molecule has 2 rings (SSSR count). The van der Waals surface area contributed by atoms with Gasteiger partial charge in [-0.25, -0.2) is 4.98 Å². The van der Waals surface area contributed by atoms with Crippen LogP contribution in [0.2, 0.25) is 0 Å². The fourth-order valence-electron chi connectivity index (χ4n) is 1.03. The van der Waals surface area contributed by atoms with Crippen molar-refractivity contribution in [3.8, 4) is 0 Å². The van der Waals surface area contributed by atoms with Crippen molar-refractivity contribution in [2.45, 2.75) is 0 Å². The van der Waals surface area contributed by atoms with Crippen molar-refractivity contribution in [1.82, 2.24) is 14.0 Å². The fourth-order valence-corrected chi connectivity index (χ4v) is 1.03. The van der Waals surface area contributed by atoms with Gasteiger partial charge in [-0.05, 0) is 0 Å². The first-order chi connectivity index (χ1) is 4.86. The van der Waals surface area contributed by atoms with E-state index in [2.05, 4.69) is 4.98 Å². The quantitative estimate of drug-likeness (QED) is 0.661. The third-order valence-electron chi connectivity index (χ3n) is 1.46. The number of fused-ring (bicyclic) bond motifs is 1. The molecule has 0 fully saturated rings. The Morgan fingerprint density at radius 3 is 3.09 bits per heavy atom. The Bertz CT molecular complexity index is 322. The average molecular weight is 326 g/mol. The van der Waals surface area contributed by atoms with Gasteiger partial charge in [0.2, 0.25) is 5.52 Å². The molecule has 0 bridgehead atoms. The Balaban J connectivity index is 0.000000605. The van der Waals surface area contributed by atoms with Gasteiger partial charge in [-0.3, -0.25) is 4.57 Å². The summed E-state index contributed by atoms with van der Waals surface area (Å²) in [5.74, 6) is 0. The van der Waals surface area contributed by atoms with Crippen LogP contribution >= 0.6 is 0 Å². The molecular formula is C7H8IrN3+. The van der Waals surface area contributed by atoms with E-state index in [9.17, 15) is 0 Å². The maximum absolute atomic E-state index is 3.99. The van der Waals surface area contributed by atoms with Gasteiger partial charge in [0.25, 0.3) is 0 Å². The normalized spacial score (nSPS) is 9.55. The van der Waals surface area contributed by atoms with E-state index in [-0.39, 0.29) is 20.1 Å². The predicted molar refractivity (Wildman–Crippen MR) is 38.6 cm³/mol. The summed E-state index contributed by atoms with van der Waals surface area (Å²) in [6, 6.07) is 0. The van der Waals surface area contributed by atoms with E-state index in [1.165, 1.54) is 0 Å². The van der Waals surface area contributed by atoms with Crippen molar-refractivity contribution in [2.24, 2.45) is 7.05 Å². The van der Waals surface area contributed by atoms with Gasteiger partial charge in [-0.2, -0.15) is 4.40 Å². The minimum Gasteiger partial charge on any atom is -0.254 e. The van der Waals surface area contributed by atoms with Crippen LogP contribution in [0.5, 0.6) is 0 Å². The van der Waals surface area contributed by atoms with Crippen LogP contribution in [0.25, 0.3) is 5.52 Å². The van der Waals surface area contributed by atoms with Gasteiger partial charge in [-0.1, -0.05) is 0 Å². The van der Waals surface area contributed by atoms with E-state index in [1.807, 2.05) is 40.9 Å². The van der Waals surface area contributed by atoms with Gasteiger partial charge >= 0.3 is 0 Å². The molecule has 2 heterocycles. The van der Waals surface area contributed by atoms with Crippen LogP contribution in [0.3, 0.4) is 0 Å². The Hall–Kier alpha value is -0.731. The monoisotopic (exact) mass is 327 g/mol. The first kappa shape index (κ1) is 8.37. The van der Waals surface area contributed by atoms with Crippen LogP contribution < -0.4 is 0 Å². The molecule has 2 aromatic heterocycles. The molecule has 1 radical (unpaired) electrons. The molecule has 0 atom stereocenters. The van der Waals surface area contributed by atoms with Crippen molar-refractivity contribution < 1.29 is 20.1 Å². The number of hydrogen-bond acceptors (Lipinski definition) is 1.